The first-order valence-electron chi connectivity index (χ1n) is 9.04. The highest BCUT2D eigenvalue weighted by atomic mass is 35.5. The van der Waals surface area contributed by atoms with Gasteiger partial charge in [0.05, 0.1) is 24.1 Å². The first-order valence-corrected chi connectivity index (χ1v) is 11.8. The predicted octanol–water partition coefficient (Wildman–Crippen LogP) is 3.98. The number of halogens is 1. The zero-order chi connectivity index (χ0) is 21.7. The van der Waals surface area contributed by atoms with E-state index in [2.05, 4.69) is 10.0 Å². The first-order chi connectivity index (χ1) is 14.3. The Morgan fingerprint density at radius 2 is 1.70 bits per heavy atom. The third-order valence-corrected chi connectivity index (χ3v) is 6.97. The molecule has 1 aromatic heterocycles. The van der Waals surface area contributed by atoms with E-state index in [1.54, 1.807) is 24.3 Å². The molecule has 0 bridgehead atoms. The van der Waals surface area contributed by atoms with Gasteiger partial charge in [-0.2, -0.15) is 16.1 Å². The van der Waals surface area contributed by atoms with E-state index < -0.39 is 28.0 Å². The molecule has 2 N–H and O–H groups in total. The Hall–Kier alpha value is -2.39. The van der Waals surface area contributed by atoms with Crippen LogP contribution < -0.4 is 14.8 Å². The van der Waals surface area contributed by atoms with Crippen molar-refractivity contribution in [2.24, 2.45) is 0 Å². The second kappa shape index (κ2) is 9.61. The smallest absolute Gasteiger partial charge is 0.241 e. The van der Waals surface area contributed by atoms with Gasteiger partial charge in [-0.05, 0) is 71.3 Å². The van der Waals surface area contributed by atoms with Gasteiger partial charge in [0.25, 0.3) is 0 Å². The molecule has 6 nitrogen and oxygen atoms in total. The molecule has 3 rings (SSSR count). The normalized spacial score (nSPS) is 13.4. The molecule has 1 amide bonds. The summed E-state index contributed by atoms with van der Waals surface area (Å²) in [5.41, 5.74) is 1.75. The van der Waals surface area contributed by atoms with Gasteiger partial charge in [0.2, 0.25) is 15.9 Å². The van der Waals surface area contributed by atoms with Crippen molar-refractivity contribution in [2.45, 2.75) is 23.9 Å². The van der Waals surface area contributed by atoms with Crippen LogP contribution in [0.2, 0.25) is 5.02 Å². The molecule has 0 aliphatic carbocycles. The molecular weight excluding hydrogens is 444 g/mol. The number of amides is 1. The van der Waals surface area contributed by atoms with E-state index in [1.165, 1.54) is 37.5 Å². The van der Waals surface area contributed by atoms with Crippen LogP contribution in [0.3, 0.4) is 0 Å². The molecule has 0 spiro atoms. The van der Waals surface area contributed by atoms with E-state index in [0.29, 0.717) is 10.8 Å². The Kier molecular flexibility index (Phi) is 7.14. The minimum Gasteiger partial charge on any atom is -0.497 e. The van der Waals surface area contributed by atoms with Crippen molar-refractivity contribution in [3.05, 3.63) is 81.5 Å². The van der Waals surface area contributed by atoms with E-state index in [1.807, 2.05) is 29.0 Å². The lowest BCUT2D eigenvalue weighted by Gasteiger charge is -2.22. The number of nitrogens with one attached hydrogen (secondary N) is 2. The van der Waals surface area contributed by atoms with Gasteiger partial charge in [-0.3, -0.25) is 4.79 Å². The van der Waals surface area contributed by atoms with E-state index in [4.69, 9.17) is 16.3 Å². The molecule has 0 saturated carbocycles. The molecule has 0 aliphatic rings. The summed E-state index contributed by atoms with van der Waals surface area (Å²) in [5, 5.41) is 7.37. The fourth-order valence-corrected chi connectivity index (χ4v) is 4.85. The maximum atomic E-state index is 12.8. The summed E-state index contributed by atoms with van der Waals surface area (Å²) in [6.45, 7) is 1.50. The van der Waals surface area contributed by atoms with Crippen LogP contribution in [0.4, 0.5) is 0 Å². The largest absolute Gasteiger partial charge is 0.497 e. The SMILES string of the molecule is COc1ccc(S(=O)(=O)N[C@@H](C)C(=O)NC(c2ccc(Cl)cc2)c2ccsc2)cc1. The Balaban J connectivity index is 1.75. The lowest BCUT2D eigenvalue weighted by molar-refractivity contribution is -0.122. The minimum absolute atomic E-state index is 0.0510. The van der Waals surface area contributed by atoms with Crippen molar-refractivity contribution in [1.29, 1.82) is 0 Å². The first kappa shape index (κ1) is 22.3. The second-order valence-corrected chi connectivity index (χ2v) is 9.50. The van der Waals surface area contributed by atoms with Gasteiger partial charge in [-0.15, -0.1) is 0 Å². The molecule has 0 radical (unpaired) electrons. The van der Waals surface area contributed by atoms with Crippen LogP contribution in [0.25, 0.3) is 0 Å². The summed E-state index contributed by atoms with van der Waals surface area (Å²) in [6.07, 6.45) is 0. The highest BCUT2D eigenvalue weighted by Crippen LogP contribution is 2.25. The zero-order valence-electron chi connectivity index (χ0n) is 16.3. The van der Waals surface area contributed by atoms with E-state index >= 15 is 0 Å². The standard InChI is InChI=1S/C21H21ClN2O4S2/c1-14(24-30(26,27)19-9-7-18(28-2)8-10-19)21(25)23-20(16-11-12-29-13-16)15-3-5-17(22)6-4-15/h3-14,20,24H,1-2H3,(H,23,25)/t14-,20?/m0/s1. The quantitative estimate of drug-likeness (QED) is 0.528. The third kappa shape index (κ3) is 5.40. The van der Waals surface area contributed by atoms with E-state index in [0.717, 1.165) is 11.1 Å². The zero-order valence-corrected chi connectivity index (χ0v) is 18.7. The summed E-state index contributed by atoms with van der Waals surface area (Å²) in [4.78, 5) is 12.9. The van der Waals surface area contributed by atoms with Crippen LogP contribution in [-0.2, 0) is 14.8 Å². The van der Waals surface area contributed by atoms with Crippen molar-refractivity contribution in [2.75, 3.05) is 7.11 Å². The summed E-state index contributed by atoms with van der Waals surface area (Å²) in [7, 11) is -2.37. The van der Waals surface area contributed by atoms with Gasteiger partial charge in [-0.25, -0.2) is 8.42 Å². The lowest BCUT2D eigenvalue weighted by atomic mass is 10.0. The highest BCUT2D eigenvalue weighted by molar-refractivity contribution is 7.89. The number of rotatable bonds is 8. The molecule has 0 saturated heterocycles. The molecule has 0 fully saturated rings. The number of methoxy groups -OCH3 is 1. The molecular formula is C21H21ClN2O4S2. The van der Waals surface area contributed by atoms with Crippen LogP contribution in [0, 0.1) is 0 Å². The molecule has 3 aromatic rings. The van der Waals surface area contributed by atoms with Gasteiger partial charge in [-0.1, -0.05) is 23.7 Å². The summed E-state index contributed by atoms with van der Waals surface area (Å²) in [6, 6.07) is 13.6. The monoisotopic (exact) mass is 464 g/mol. The van der Waals surface area contributed by atoms with Gasteiger partial charge in [0.15, 0.2) is 0 Å². The van der Waals surface area contributed by atoms with E-state index in [9.17, 15) is 13.2 Å². The van der Waals surface area contributed by atoms with Gasteiger partial charge in [0, 0.05) is 5.02 Å². The molecule has 1 unspecified atom stereocenters. The Bertz CT molecular complexity index is 1080. The van der Waals surface area contributed by atoms with Crippen LogP contribution in [0.1, 0.15) is 24.1 Å². The molecule has 9 heteroatoms. The number of ether oxygens (including phenoxy) is 1. The number of carbonyl (C=O) groups excluding carboxylic acids is 1. The summed E-state index contributed by atoms with van der Waals surface area (Å²) >= 11 is 7.49. The molecule has 2 atom stereocenters. The average molecular weight is 465 g/mol. The molecule has 0 aliphatic heterocycles. The van der Waals surface area contributed by atoms with Gasteiger partial charge < -0.3 is 10.1 Å². The fraction of sp³-hybridized carbons (Fsp3) is 0.190. The van der Waals surface area contributed by atoms with Gasteiger partial charge in [0.1, 0.15) is 5.75 Å². The number of carbonyl (C=O) groups is 1. The Morgan fingerprint density at radius 3 is 2.27 bits per heavy atom. The number of hydrogen-bond acceptors (Lipinski definition) is 5. The third-order valence-electron chi connectivity index (χ3n) is 4.46. The maximum absolute atomic E-state index is 12.8. The maximum Gasteiger partial charge on any atom is 0.241 e. The van der Waals surface area contributed by atoms with Crippen LogP contribution in [-0.4, -0.2) is 27.5 Å². The fourth-order valence-electron chi connectivity index (χ4n) is 2.83. The molecule has 1 heterocycles. The lowest BCUT2D eigenvalue weighted by Crippen LogP contribution is -2.45. The summed E-state index contributed by atoms with van der Waals surface area (Å²) < 4.78 is 32.7. The number of sulfonamides is 1. The van der Waals surface area contributed by atoms with Crippen molar-refractivity contribution in [3.8, 4) is 5.75 Å². The Morgan fingerprint density at radius 1 is 1.03 bits per heavy atom. The van der Waals surface area contributed by atoms with E-state index in [-0.39, 0.29) is 4.90 Å². The second-order valence-electron chi connectivity index (χ2n) is 6.57. The Labute approximate surface area is 184 Å². The van der Waals surface area contributed by atoms with Gasteiger partial charge >= 0.3 is 0 Å². The highest BCUT2D eigenvalue weighted by Gasteiger charge is 2.25. The average Bonchev–Trinajstić information content (AvgIpc) is 3.27. The van der Waals surface area contributed by atoms with Crippen molar-refractivity contribution in [3.63, 3.8) is 0 Å². The predicted molar refractivity (Wildman–Crippen MR) is 119 cm³/mol. The molecule has 158 valence electrons. The van der Waals surface area contributed by atoms with Crippen molar-refractivity contribution in [1.82, 2.24) is 10.0 Å². The molecule has 30 heavy (non-hydrogen) atoms. The number of thiophene rings is 1. The van der Waals surface area contributed by atoms with Crippen LogP contribution in [0.15, 0.2) is 70.3 Å². The van der Waals surface area contributed by atoms with Crippen LogP contribution >= 0.6 is 22.9 Å². The van der Waals surface area contributed by atoms with Crippen molar-refractivity contribution >= 4 is 38.9 Å². The topological polar surface area (TPSA) is 84.5 Å². The van der Waals surface area contributed by atoms with Crippen LogP contribution in [0.5, 0.6) is 5.75 Å². The van der Waals surface area contributed by atoms with Crippen molar-refractivity contribution < 1.29 is 17.9 Å². The molecule has 2 aromatic carbocycles. The number of hydrogen-bond donors (Lipinski definition) is 2. The summed E-state index contributed by atoms with van der Waals surface area (Å²) in [5.74, 6) is 0.0968. The minimum atomic E-state index is -3.87. The number of benzene rings is 2.